The van der Waals surface area contributed by atoms with Crippen LogP contribution in [-0.2, 0) is 0 Å². The molecule has 0 fully saturated rings. The molecular weight excluding hydrogens is 199 g/mol. The normalized spacial score (nSPS) is 15.5. The highest BCUT2D eigenvalue weighted by Crippen LogP contribution is 2.21. The molecule has 0 amide bonds. The topological polar surface area (TPSA) is 38.0 Å². The van der Waals surface area contributed by atoms with E-state index in [9.17, 15) is 4.39 Å². The van der Waals surface area contributed by atoms with E-state index in [1.54, 1.807) is 14.0 Å². The molecule has 0 atom stereocenters. The monoisotopic (exact) mass is 218 g/mol. The van der Waals surface area contributed by atoms with Gasteiger partial charge in [0, 0.05) is 10.4 Å². The average molecular weight is 218 g/mol. The highest BCUT2D eigenvalue weighted by molar-refractivity contribution is 8.01. The SMILES string of the molecule is CNS/C(C)=C(F)/C=C(\C)C(C)(C)N. The van der Waals surface area contributed by atoms with Gasteiger partial charge in [-0.25, -0.2) is 4.39 Å². The van der Waals surface area contributed by atoms with Gasteiger partial charge < -0.3 is 5.73 Å². The van der Waals surface area contributed by atoms with Crippen molar-refractivity contribution < 1.29 is 4.39 Å². The summed E-state index contributed by atoms with van der Waals surface area (Å²) in [7, 11) is 1.75. The Bertz CT molecular complexity index is 251. The van der Waals surface area contributed by atoms with Crippen LogP contribution in [0, 0.1) is 0 Å². The Hall–Kier alpha value is -0.320. The first-order valence-electron chi connectivity index (χ1n) is 4.46. The van der Waals surface area contributed by atoms with E-state index in [0.717, 1.165) is 5.57 Å². The van der Waals surface area contributed by atoms with Crippen molar-refractivity contribution >= 4 is 11.9 Å². The maximum absolute atomic E-state index is 13.5. The molecule has 0 saturated carbocycles. The molecule has 82 valence electrons. The van der Waals surface area contributed by atoms with Crippen molar-refractivity contribution in [2.24, 2.45) is 5.73 Å². The van der Waals surface area contributed by atoms with Gasteiger partial charge >= 0.3 is 0 Å². The number of hydrogen-bond acceptors (Lipinski definition) is 3. The predicted octanol–water partition coefficient (Wildman–Crippen LogP) is 2.74. The number of halogens is 1. The summed E-state index contributed by atoms with van der Waals surface area (Å²) >= 11 is 1.26. The molecule has 0 heterocycles. The quantitative estimate of drug-likeness (QED) is 0.563. The van der Waals surface area contributed by atoms with Crippen molar-refractivity contribution in [3.63, 3.8) is 0 Å². The second kappa shape index (κ2) is 5.53. The number of nitrogens with one attached hydrogen (secondary N) is 1. The van der Waals surface area contributed by atoms with Crippen molar-refractivity contribution in [1.29, 1.82) is 0 Å². The smallest absolute Gasteiger partial charge is 0.133 e. The zero-order valence-electron chi connectivity index (χ0n) is 9.44. The van der Waals surface area contributed by atoms with Crippen LogP contribution in [0.25, 0.3) is 0 Å². The van der Waals surface area contributed by atoms with Crippen LogP contribution in [0.3, 0.4) is 0 Å². The summed E-state index contributed by atoms with van der Waals surface area (Å²) in [6, 6.07) is 0. The summed E-state index contributed by atoms with van der Waals surface area (Å²) in [6.07, 6.45) is 1.49. The molecule has 0 aromatic carbocycles. The van der Waals surface area contributed by atoms with Crippen LogP contribution in [-0.4, -0.2) is 12.6 Å². The molecule has 2 nitrogen and oxygen atoms in total. The summed E-state index contributed by atoms with van der Waals surface area (Å²) in [5.41, 5.74) is 6.18. The lowest BCUT2D eigenvalue weighted by atomic mass is 9.96. The Morgan fingerprint density at radius 2 is 1.93 bits per heavy atom. The summed E-state index contributed by atoms with van der Waals surface area (Å²) < 4.78 is 16.3. The lowest BCUT2D eigenvalue weighted by molar-refractivity contribution is 0.598. The number of rotatable bonds is 4. The van der Waals surface area contributed by atoms with E-state index < -0.39 is 5.54 Å². The zero-order valence-corrected chi connectivity index (χ0v) is 10.3. The second-order valence-electron chi connectivity index (χ2n) is 3.76. The summed E-state index contributed by atoms with van der Waals surface area (Å²) in [5.74, 6) is -0.236. The lowest BCUT2D eigenvalue weighted by Gasteiger charge is -2.19. The Kier molecular flexibility index (Phi) is 5.41. The molecule has 0 aliphatic heterocycles. The highest BCUT2D eigenvalue weighted by atomic mass is 32.2. The van der Waals surface area contributed by atoms with Gasteiger partial charge in [0.15, 0.2) is 0 Å². The molecule has 4 heteroatoms. The van der Waals surface area contributed by atoms with Gasteiger partial charge in [-0.15, -0.1) is 0 Å². The van der Waals surface area contributed by atoms with Gasteiger partial charge in [0.05, 0.1) is 0 Å². The minimum atomic E-state index is -0.470. The number of hydrogen-bond donors (Lipinski definition) is 2. The fourth-order valence-corrected chi connectivity index (χ4v) is 1.14. The summed E-state index contributed by atoms with van der Waals surface area (Å²) in [5, 5.41) is 0. The largest absolute Gasteiger partial charge is 0.322 e. The Morgan fingerprint density at radius 3 is 2.29 bits per heavy atom. The minimum absolute atomic E-state index is 0.236. The first kappa shape index (κ1) is 13.7. The van der Waals surface area contributed by atoms with E-state index >= 15 is 0 Å². The molecule has 3 N–H and O–H groups in total. The predicted molar refractivity (Wildman–Crippen MR) is 62.5 cm³/mol. The van der Waals surface area contributed by atoms with Gasteiger partial charge in [-0.3, -0.25) is 4.72 Å². The highest BCUT2D eigenvalue weighted by Gasteiger charge is 2.13. The molecule has 0 radical (unpaired) electrons. The summed E-state index contributed by atoms with van der Waals surface area (Å²) in [4.78, 5) is 0.608. The standard InChI is InChI=1S/C10H19FN2S/c1-7(10(3,4)12)6-9(11)8(2)14-13-5/h6,13H,12H2,1-5H3/b7-6+,9-8-. The van der Waals surface area contributed by atoms with Gasteiger partial charge in [0.2, 0.25) is 0 Å². The molecule has 14 heavy (non-hydrogen) atoms. The fourth-order valence-electron chi connectivity index (χ4n) is 0.680. The second-order valence-corrected chi connectivity index (χ2v) is 4.98. The van der Waals surface area contributed by atoms with Crippen molar-refractivity contribution in [2.75, 3.05) is 7.05 Å². The number of nitrogens with two attached hydrogens (primary N) is 1. The lowest BCUT2D eigenvalue weighted by Crippen LogP contribution is -2.33. The first-order chi connectivity index (χ1) is 6.29. The van der Waals surface area contributed by atoms with Crippen LogP contribution in [0.1, 0.15) is 27.7 Å². The minimum Gasteiger partial charge on any atom is -0.322 e. The molecule has 0 bridgehead atoms. The molecule has 0 aliphatic rings. The van der Waals surface area contributed by atoms with Crippen LogP contribution in [0.2, 0.25) is 0 Å². The molecule has 0 aliphatic carbocycles. The van der Waals surface area contributed by atoms with E-state index in [4.69, 9.17) is 5.73 Å². The van der Waals surface area contributed by atoms with Crippen LogP contribution in [0.15, 0.2) is 22.4 Å². The maximum Gasteiger partial charge on any atom is 0.133 e. The van der Waals surface area contributed by atoms with Crippen LogP contribution < -0.4 is 10.5 Å². The first-order valence-corrected chi connectivity index (χ1v) is 5.28. The zero-order chi connectivity index (χ0) is 11.4. The van der Waals surface area contributed by atoms with Gasteiger partial charge in [0.25, 0.3) is 0 Å². The van der Waals surface area contributed by atoms with Crippen LogP contribution in [0.4, 0.5) is 4.39 Å². The van der Waals surface area contributed by atoms with E-state index in [-0.39, 0.29) is 5.83 Å². The average Bonchev–Trinajstić information content (AvgIpc) is 2.02. The molecular formula is C10H19FN2S. The third-order valence-corrected chi connectivity index (χ3v) is 2.66. The van der Waals surface area contributed by atoms with Crippen molar-refractivity contribution in [1.82, 2.24) is 4.72 Å². The Morgan fingerprint density at radius 1 is 1.43 bits per heavy atom. The van der Waals surface area contributed by atoms with E-state index in [2.05, 4.69) is 4.72 Å². The Labute approximate surface area is 90.0 Å². The molecule has 0 unspecified atom stereocenters. The number of allylic oxidation sites excluding steroid dienone is 3. The molecule has 0 saturated heterocycles. The van der Waals surface area contributed by atoms with Crippen molar-refractivity contribution in [3.8, 4) is 0 Å². The van der Waals surface area contributed by atoms with Gasteiger partial charge in [-0.05, 0) is 52.8 Å². The fraction of sp³-hybridized carbons (Fsp3) is 0.600. The van der Waals surface area contributed by atoms with E-state index in [1.165, 1.54) is 18.0 Å². The van der Waals surface area contributed by atoms with Gasteiger partial charge in [-0.1, -0.05) is 5.57 Å². The van der Waals surface area contributed by atoms with Gasteiger partial charge in [-0.2, -0.15) is 0 Å². The molecule has 0 spiro atoms. The van der Waals surface area contributed by atoms with Crippen molar-refractivity contribution in [2.45, 2.75) is 33.2 Å². The molecule has 0 rings (SSSR count). The Balaban J connectivity index is 4.73. The van der Waals surface area contributed by atoms with Gasteiger partial charge in [0.1, 0.15) is 5.83 Å². The third kappa shape index (κ3) is 4.79. The van der Waals surface area contributed by atoms with Crippen molar-refractivity contribution in [3.05, 3.63) is 22.4 Å². The molecule has 0 aromatic heterocycles. The third-order valence-electron chi connectivity index (χ3n) is 1.95. The van der Waals surface area contributed by atoms with Crippen LogP contribution in [0.5, 0.6) is 0 Å². The van der Waals surface area contributed by atoms with E-state index in [1.807, 2.05) is 20.8 Å². The van der Waals surface area contributed by atoms with Crippen LogP contribution >= 0.6 is 11.9 Å². The maximum atomic E-state index is 13.5. The van der Waals surface area contributed by atoms with E-state index in [0.29, 0.717) is 4.91 Å². The molecule has 0 aromatic rings. The summed E-state index contributed by atoms with van der Waals surface area (Å²) in [6.45, 7) is 7.26.